The van der Waals surface area contributed by atoms with E-state index >= 15 is 0 Å². The van der Waals surface area contributed by atoms with Crippen LogP contribution in [0.2, 0.25) is 0 Å². The molecule has 2 unspecified atom stereocenters. The van der Waals surface area contributed by atoms with Crippen LogP contribution in [0.15, 0.2) is 36.5 Å². The van der Waals surface area contributed by atoms with Crippen molar-refractivity contribution < 1.29 is 14.2 Å². The van der Waals surface area contributed by atoms with Gasteiger partial charge in [0.2, 0.25) is 0 Å². The lowest BCUT2D eigenvalue weighted by molar-refractivity contribution is -0.161. The van der Waals surface area contributed by atoms with Gasteiger partial charge in [-0.15, -0.1) is 0 Å². The quantitative estimate of drug-likeness (QED) is 0.403. The topological polar surface area (TPSA) is 34.2 Å². The maximum atomic E-state index is 6.18. The summed E-state index contributed by atoms with van der Waals surface area (Å²) in [4.78, 5) is 4.77. The van der Waals surface area contributed by atoms with Crippen molar-refractivity contribution in [3.8, 4) is 5.75 Å². The van der Waals surface area contributed by atoms with Gasteiger partial charge in [-0.25, -0.2) is 0 Å². The maximum absolute atomic E-state index is 6.18. The molecule has 5 heteroatoms. The molecule has 1 aromatic rings. The zero-order chi connectivity index (χ0) is 22.1. The zero-order valence-corrected chi connectivity index (χ0v) is 19.9. The Morgan fingerprint density at radius 2 is 1.74 bits per heavy atom. The van der Waals surface area contributed by atoms with Crippen LogP contribution in [0, 0.1) is 0 Å². The predicted octanol–water partition coefficient (Wildman–Crippen LogP) is 5.60. The Bertz CT molecular complexity index is 670. The van der Waals surface area contributed by atoms with Crippen LogP contribution in [0.4, 0.5) is 5.69 Å². The lowest BCUT2D eigenvalue weighted by atomic mass is 10.1. The van der Waals surface area contributed by atoms with Crippen LogP contribution >= 0.6 is 0 Å². The monoisotopic (exact) mass is 430 g/mol. The van der Waals surface area contributed by atoms with E-state index in [0.29, 0.717) is 13.2 Å². The first-order valence-electron chi connectivity index (χ1n) is 12.2. The molecule has 2 atom stereocenters. The summed E-state index contributed by atoms with van der Waals surface area (Å²) in [7, 11) is 0. The summed E-state index contributed by atoms with van der Waals surface area (Å²) in [6, 6.07) is 8.43. The standard InChI is InChI=1S/C26H42N2O3/c1-5-6-7-8-9-10-15-26(4)30-21-25(31-26)20-29-24-13-11-23(12-14-24)28-18-16-27(17-19-28)22(2)3/h11-14,25H,2,5-10,15-21H2,1,3-4H3. The summed E-state index contributed by atoms with van der Waals surface area (Å²) in [5.41, 5.74) is 2.41. The molecule has 0 aliphatic carbocycles. The molecular formula is C26H42N2O3. The predicted molar refractivity (Wildman–Crippen MR) is 128 cm³/mol. The molecule has 0 radical (unpaired) electrons. The molecule has 1 aromatic carbocycles. The average molecular weight is 431 g/mol. The van der Waals surface area contributed by atoms with Crippen molar-refractivity contribution in [3.05, 3.63) is 36.5 Å². The minimum atomic E-state index is -0.450. The van der Waals surface area contributed by atoms with Gasteiger partial charge in [-0.2, -0.15) is 0 Å². The number of rotatable bonds is 12. The number of hydrogen-bond acceptors (Lipinski definition) is 5. The molecule has 0 saturated carbocycles. The van der Waals surface area contributed by atoms with Gasteiger partial charge in [0.05, 0.1) is 6.61 Å². The molecule has 2 aliphatic rings. The van der Waals surface area contributed by atoms with Gasteiger partial charge in [0.1, 0.15) is 18.5 Å². The van der Waals surface area contributed by atoms with Crippen LogP contribution in [0.1, 0.15) is 65.7 Å². The van der Waals surface area contributed by atoms with E-state index in [4.69, 9.17) is 14.2 Å². The number of unbranched alkanes of at least 4 members (excludes halogenated alkanes) is 5. The minimum Gasteiger partial charge on any atom is -0.491 e. The normalized spacial score (nSPS) is 23.9. The number of nitrogens with zero attached hydrogens (tertiary/aromatic N) is 2. The van der Waals surface area contributed by atoms with Crippen molar-refractivity contribution in [3.63, 3.8) is 0 Å². The van der Waals surface area contributed by atoms with Gasteiger partial charge in [-0.05, 0) is 44.5 Å². The van der Waals surface area contributed by atoms with Gasteiger partial charge in [0, 0.05) is 44.0 Å². The Morgan fingerprint density at radius 3 is 2.42 bits per heavy atom. The molecule has 0 N–H and O–H groups in total. The highest BCUT2D eigenvalue weighted by Gasteiger charge is 2.36. The van der Waals surface area contributed by atoms with Gasteiger partial charge >= 0.3 is 0 Å². The van der Waals surface area contributed by atoms with E-state index in [1.807, 2.05) is 0 Å². The van der Waals surface area contributed by atoms with Crippen LogP contribution in [-0.4, -0.2) is 56.2 Å². The third-order valence-corrected chi connectivity index (χ3v) is 6.43. The van der Waals surface area contributed by atoms with Crippen molar-refractivity contribution in [1.29, 1.82) is 0 Å². The van der Waals surface area contributed by atoms with Gasteiger partial charge in [0.15, 0.2) is 5.79 Å². The number of piperazine rings is 1. The van der Waals surface area contributed by atoms with Crippen molar-refractivity contribution in [2.45, 2.75) is 77.6 Å². The fourth-order valence-corrected chi connectivity index (χ4v) is 4.42. The fraction of sp³-hybridized carbons (Fsp3) is 0.692. The molecular weight excluding hydrogens is 388 g/mol. The molecule has 5 nitrogen and oxygen atoms in total. The third-order valence-electron chi connectivity index (χ3n) is 6.43. The van der Waals surface area contributed by atoms with Gasteiger partial charge in [0.25, 0.3) is 0 Å². The second kappa shape index (κ2) is 11.8. The summed E-state index contributed by atoms with van der Waals surface area (Å²) in [5.74, 6) is 0.437. The highest BCUT2D eigenvalue weighted by molar-refractivity contribution is 5.49. The largest absolute Gasteiger partial charge is 0.491 e. The second-order valence-corrected chi connectivity index (χ2v) is 9.22. The van der Waals surface area contributed by atoms with E-state index in [1.165, 1.54) is 37.8 Å². The molecule has 0 aromatic heterocycles. The zero-order valence-electron chi connectivity index (χ0n) is 19.9. The molecule has 0 bridgehead atoms. The average Bonchev–Trinajstić information content (AvgIpc) is 3.16. The number of allylic oxidation sites excluding steroid dienone is 1. The number of hydrogen-bond donors (Lipinski definition) is 0. The van der Waals surface area contributed by atoms with Crippen LogP contribution in [0.5, 0.6) is 5.75 Å². The summed E-state index contributed by atoms with van der Waals surface area (Å²) in [6.07, 6.45) is 8.68. The Hall–Kier alpha value is -1.72. The van der Waals surface area contributed by atoms with Crippen molar-refractivity contribution in [2.24, 2.45) is 0 Å². The van der Waals surface area contributed by atoms with Gasteiger partial charge in [-0.3, -0.25) is 0 Å². The van der Waals surface area contributed by atoms with E-state index in [9.17, 15) is 0 Å². The van der Waals surface area contributed by atoms with Crippen LogP contribution in [0.25, 0.3) is 0 Å². The van der Waals surface area contributed by atoms with Crippen LogP contribution in [-0.2, 0) is 9.47 Å². The molecule has 0 spiro atoms. The Balaban J connectivity index is 1.35. The first-order chi connectivity index (χ1) is 15.0. The highest BCUT2D eigenvalue weighted by atomic mass is 16.7. The van der Waals surface area contributed by atoms with E-state index in [-0.39, 0.29) is 6.10 Å². The highest BCUT2D eigenvalue weighted by Crippen LogP contribution is 2.30. The van der Waals surface area contributed by atoms with Crippen molar-refractivity contribution in [2.75, 3.05) is 44.3 Å². The Morgan fingerprint density at radius 1 is 1.06 bits per heavy atom. The molecule has 2 aliphatic heterocycles. The Labute approximate surface area is 189 Å². The summed E-state index contributed by atoms with van der Waals surface area (Å²) in [5, 5.41) is 0. The maximum Gasteiger partial charge on any atom is 0.166 e. The number of benzene rings is 1. The lowest BCUT2D eigenvalue weighted by Crippen LogP contribution is -2.45. The molecule has 3 rings (SSSR count). The minimum absolute atomic E-state index is 0.0000108. The molecule has 2 fully saturated rings. The fourth-order valence-electron chi connectivity index (χ4n) is 4.42. The van der Waals surface area contributed by atoms with Gasteiger partial charge < -0.3 is 24.0 Å². The Kier molecular flexibility index (Phi) is 9.09. The summed E-state index contributed by atoms with van der Waals surface area (Å²) in [6.45, 7) is 15.7. The van der Waals surface area contributed by atoms with E-state index < -0.39 is 5.79 Å². The van der Waals surface area contributed by atoms with Crippen LogP contribution in [0.3, 0.4) is 0 Å². The van der Waals surface area contributed by atoms with Gasteiger partial charge in [-0.1, -0.05) is 45.6 Å². The van der Waals surface area contributed by atoms with E-state index in [0.717, 1.165) is 50.5 Å². The smallest absolute Gasteiger partial charge is 0.166 e. The van der Waals surface area contributed by atoms with Crippen molar-refractivity contribution >= 4 is 5.69 Å². The molecule has 174 valence electrons. The number of anilines is 1. The molecule has 31 heavy (non-hydrogen) atoms. The van der Waals surface area contributed by atoms with E-state index in [2.05, 4.69) is 61.4 Å². The SMILES string of the molecule is C=C(C)N1CCN(c2ccc(OCC3COC(C)(CCCCCCCC)O3)cc2)CC1. The first-order valence-corrected chi connectivity index (χ1v) is 12.2. The molecule has 0 amide bonds. The van der Waals surface area contributed by atoms with E-state index in [1.54, 1.807) is 0 Å². The first kappa shape index (κ1) is 23.9. The third kappa shape index (κ3) is 7.43. The van der Waals surface area contributed by atoms with Crippen molar-refractivity contribution in [1.82, 2.24) is 4.90 Å². The summed E-state index contributed by atoms with van der Waals surface area (Å²) >= 11 is 0. The molecule has 2 saturated heterocycles. The lowest BCUT2D eigenvalue weighted by Gasteiger charge is -2.37. The summed E-state index contributed by atoms with van der Waals surface area (Å²) < 4.78 is 18.2. The molecule has 2 heterocycles. The number of ether oxygens (including phenoxy) is 3. The van der Waals surface area contributed by atoms with Crippen LogP contribution < -0.4 is 9.64 Å². The second-order valence-electron chi connectivity index (χ2n) is 9.22.